The molecule has 0 bridgehead atoms. The number of aromatic nitrogens is 1. The number of benzene rings is 2. The lowest BCUT2D eigenvalue weighted by atomic mass is 10.1. The van der Waals surface area contributed by atoms with E-state index in [0.717, 1.165) is 21.8 Å². The van der Waals surface area contributed by atoms with E-state index in [0.29, 0.717) is 28.8 Å². The number of hydrogen-bond donors (Lipinski definition) is 0. The minimum Gasteiger partial charge on any atom is -0.496 e. The average molecular weight is 435 g/mol. The average Bonchev–Trinajstić information content (AvgIpc) is 3.08. The highest BCUT2D eigenvalue weighted by atomic mass is 35.5. The molecule has 0 N–H and O–H groups in total. The van der Waals surface area contributed by atoms with Crippen LogP contribution in [0.3, 0.4) is 0 Å². The van der Waals surface area contributed by atoms with E-state index in [1.54, 1.807) is 42.5 Å². The summed E-state index contributed by atoms with van der Waals surface area (Å²) in [6.07, 6.45) is 0.959. The number of carbonyl (C=O) groups excluding carboxylic acids is 1. The maximum absolute atomic E-state index is 12.6. The van der Waals surface area contributed by atoms with Crippen LogP contribution in [-0.4, -0.2) is 29.9 Å². The molecule has 2 aromatic carbocycles. The molecule has 28 heavy (non-hydrogen) atoms. The fourth-order valence-electron chi connectivity index (χ4n) is 2.84. The highest BCUT2D eigenvalue weighted by molar-refractivity contribution is 7.09. The lowest BCUT2D eigenvalue weighted by Gasteiger charge is -2.18. The molecule has 7 heteroatoms. The van der Waals surface area contributed by atoms with Crippen molar-refractivity contribution in [3.8, 4) is 5.75 Å². The van der Waals surface area contributed by atoms with Gasteiger partial charge >= 0.3 is 0 Å². The van der Waals surface area contributed by atoms with Crippen LogP contribution in [0.5, 0.6) is 5.75 Å². The Balaban J connectivity index is 1.62. The molecule has 0 fully saturated rings. The fourth-order valence-corrected chi connectivity index (χ4v) is 4.07. The molecular weight excluding hydrogens is 415 g/mol. The normalized spacial score (nSPS) is 10.7. The van der Waals surface area contributed by atoms with Crippen molar-refractivity contribution < 1.29 is 9.53 Å². The summed E-state index contributed by atoms with van der Waals surface area (Å²) in [7, 11) is 3.37. The summed E-state index contributed by atoms with van der Waals surface area (Å²) >= 11 is 13.7. The van der Waals surface area contributed by atoms with E-state index >= 15 is 0 Å². The molecule has 0 saturated heterocycles. The van der Waals surface area contributed by atoms with Crippen LogP contribution in [0.4, 0.5) is 0 Å². The number of halogens is 2. The largest absolute Gasteiger partial charge is 0.496 e. The molecule has 1 aromatic heterocycles. The number of hydrogen-bond acceptors (Lipinski definition) is 4. The first-order chi connectivity index (χ1) is 13.4. The Morgan fingerprint density at radius 2 is 1.96 bits per heavy atom. The zero-order valence-electron chi connectivity index (χ0n) is 15.6. The standard InChI is InChI=1S/C21H20Cl2N2O2S/c1-25(12-15-10-17(23)6-7-19(15)27-2)21(26)11-18-13-28-20(24-18)9-14-4-3-5-16(22)8-14/h3-8,10,13H,9,11-12H2,1-2H3. The van der Waals surface area contributed by atoms with Gasteiger partial charge in [0.1, 0.15) is 5.75 Å². The van der Waals surface area contributed by atoms with Gasteiger partial charge in [0.15, 0.2) is 0 Å². The lowest BCUT2D eigenvalue weighted by Crippen LogP contribution is -2.28. The molecule has 0 aliphatic heterocycles. The number of rotatable bonds is 7. The number of thiazole rings is 1. The molecule has 1 heterocycles. The molecule has 3 rings (SSSR count). The van der Waals surface area contributed by atoms with Gasteiger partial charge in [-0.05, 0) is 35.9 Å². The van der Waals surface area contributed by atoms with E-state index in [1.807, 2.05) is 35.7 Å². The zero-order chi connectivity index (χ0) is 20.1. The Kier molecular flexibility index (Phi) is 6.94. The third kappa shape index (κ3) is 5.47. The Labute approximate surface area is 178 Å². The number of amides is 1. The van der Waals surface area contributed by atoms with Gasteiger partial charge in [0.05, 0.1) is 24.2 Å². The first-order valence-electron chi connectivity index (χ1n) is 8.68. The van der Waals surface area contributed by atoms with E-state index in [9.17, 15) is 4.79 Å². The Morgan fingerprint density at radius 3 is 2.71 bits per heavy atom. The number of methoxy groups -OCH3 is 1. The second-order valence-corrected chi connectivity index (χ2v) is 8.24. The Hall–Kier alpha value is -2.08. The molecule has 1 amide bonds. The molecule has 4 nitrogen and oxygen atoms in total. The van der Waals surface area contributed by atoms with Crippen LogP contribution >= 0.6 is 34.5 Å². The van der Waals surface area contributed by atoms with Crippen molar-refractivity contribution in [3.05, 3.63) is 79.7 Å². The highest BCUT2D eigenvalue weighted by Gasteiger charge is 2.15. The summed E-state index contributed by atoms with van der Waals surface area (Å²) in [5.74, 6) is 0.697. The van der Waals surface area contributed by atoms with Gasteiger partial charge in [-0.25, -0.2) is 4.98 Å². The van der Waals surface area contributed by atoms with Gasteiger partial charge in [-0.3, -0.25) is 4.79 Å². The van der Waals surface area contributed by atoms with Crippen LogP contribution in [-0.2, 0) is 24.2 Å². The predicted octanol–water partition coefficient (Wildman–Crippen LogP) is 5.25. The van der Waals surface area contributed by atoms with Crippen molar-refractivity contribution in [2.45, 2.75) is 19.4 Å². The summed E-state index contributed by atoms with van der Waals surface area (Å²) in [6, 6.07) is 13.1. The van der Waals surface area contributed by atoms with Crippen molar-refractivity contribution in [2.75, 3.05) is 14.2 Å². The van der Waals surface area contributed by atoms with Crippen molar-refractivity contribution >= 4 is 40.4 Å². The number of likely N-dealkylation sites (N-methyl/N-ethyl adjacent to an activating group) is 1. The molecule has 0 saturated carbocycles. The van der Waals surface area contributed by atoms with Crippen LogP contribution in [0.1, 0.15) is 21.8 Å². The maximum atomic E-state index is 12.6. The third-order valence-corrected chi connectivity index (χ3v) is 5.62. The summed E-state index contributed by atoms with van der Waals surface area (Å²) in [5, 5.41) is 4.22. The molecular formula is C21H20Cl2N2O2S. The van der Waals surface area contributed by atoms with E-state index in [1.165, 1.54) is 0 Å². The lowest BCUT2D eigenvalue weighted by molar-refractivity contribution is -0.129. The second kappa shape index (κ2) is 9.41. The first-order valence-corrected chi connectivity index (χ1v) is 10.3. The topological polar surface area (TPSA) is 42.4 Å². The molecule has 3 aromatic rings. The second-order valence-electron chi connectivity index (χ2n) is 6.42. The van der Waals surface area contributed by atoms with Gasteiger partial charge in [-0.1, -0.05) is 35.3 Å². The van der Waals surface area contributed by atoms with Crippen LogP contribution in [0.15, 0.2) is 47.8 Å². The van der Waals surface area contributed by atoms with Crippen molar-refractivity contribution in [1.29, 1.82) is 0 Å². The van der Waals surface area contributed by atoms with Crippen LogP contribution in [0.2, 0.25) is 10.0 Å². The van der Waals surface area contributed by atoms with E-state index in [-0.39, 0.29) is 12.3 Å². The third-order valence-electron chi connectivity index (χ3n) is 4.25. The summed E-state index contributed by atoms with van der Waals surface area (Å²) in [5.41, 5.74) is 2.74. The molecule has 0 atom stereocenters. The summed E-state index contributed by atoms with van der Waals surface area (Å²) < 4.78 is 5.35. The van der Waals surface area contributed by atoms with Crippen LogP contribution < -0.4 is 4.74 Å². The summed E-state index contributed by atoms with van der Waals surface area (Å²) in [4.78, 5) is 18.9. The molecule has 0 radical (unpaired) electrons. The van der Waals surface area contributed by atoms with E-state index in [4.69, 9.17) is 27.9 Å². The van der Waals surface area contributed by atoms with Gasteiger partial charge in [0, 0.05) is 41.0 Å². The monoisotopic (exact) mass is 434 g/mol. The highest BCUT2D eigenvalue weighted by Crippen LogP contribution is 2.24. The van der Waals surface area contributed by atoms with E-state index in [2.05, 4.69) is 4.98 Å². The van der Waals surface area contributed by atoms with Crippen molar-refractivity contribution in [2.24, 2.45) is 0 Å². The molecule has 146 valence electrons. The molecule has 0 spiro atoms. The van der Waals surface area contributed by atoms with Crippen LogP contribution in [0, 0.1) is 0 Å². The number of carbonyl (C=O) groups is 1. The first kappa shape index (κ1) is 20.6. The number of nitrogens with zero attached hydrogens (tertiary/aromatic N) is 2. The Bertz CT molecular complexity index is 975. The quantitative estimate of drug-likeness (QED) is 0.509. The van der Waals surface area contributed by atoms with Crippen molar-refractivity contribution in [3.63, 3.8) is 0 Å². The van der Waals surface area contributed by atoms with Crippen LogP contribution in [0.25, 0.3) is 0 Å². The number of ether oxygens (including phenoxy) is 1. The zero-order valence-corrected chi connectivity index (χ0v) is 17.9. The van der Waals surface area contributed by atoms with E-state index < -0.39 is 0 Å². The molecule has 0 aliphatic carbocycles. The van der Waals surface area contributed by atoms with Crippen molar-refractivity contribution in [1.82, 2.24) is 9.88 Å². The van der Waals surface area contributed by atoms with Gasteiger partial charge in [0.25, 0.3) is 0 Å². The molecule has 0 unspecified atom stereocenters. The smallest absolute Gasteiger partial charge is 0.228 e. The summed E-state index contributed by atoms with van der Waals surface area (Å²) in [6.45, 7) is 0.419. The Morgan fingerprint density at radius 1 is 1.18 bits per heavy atom. The van der Waals surface area contributed by atoms with Gasteiger partial charge in [-0.2, -0.15) is 0 Å². The van der Waals surface area contributed by atoms with Gasteiger partial charge in [-0.15, -0.1) is 11.3 Å². The van der Waals surface area contributed by atoms with Gasteiger partial charge in [0.2, 0.25) is 5.91 Å². The maximum Gasteiger partial charge on any atom is 0.228 e. The van der Waals surface area contributed by atoms with Gasteiger partial charge < -0.3 is 9.64 Å². The minimum atomic E-state index is -0.0124. The SMILES string of the molecule is COc1ccc(Cl)cc1CN(C)C(=O)Cc1csc(Cc2cccc(Cl)c2)n1. The fraction of sp³-hybridized carbons (Fsp3) is 0.238. The minimum absolute atomic E-state index is 0.0124. The predicted molar refractivity (Wildman–Crippen MR) is 115 cm³/mol. The molecule has 0 aliphatic rings.